The molecule has 4 nitrogen and oxygen atoms in total. The zero-order valence-corrected chi connectivity index (χ0v) is 8.57. The van der Waals surface area contributed by atoms with Crippen LogP contribution in [0.2, 0.25) is 0 Å². The summed E-state index contributed by atoms with van der Waals surface area (Å²) in [6.45, 7) is 1.52. The highest BCUT2D eigenvalue weighted by atomic mass is 19.1. The molecule has 84 valence electrons. The van der Waals surface area contributed by atoms with Gasteiger partial charge in [-0.2, -0.15) is 0 Å². The number of rotatable bonds is 3. The smallest absolute Gasteiger partial charge is 0.166 e. The van der Waals surface area contributed by atoms with Gasteiger partial charge < -0.3 is 20.7 Å². The summed E-state index contributed by atoms with van der Waals surface area (Å²) in [5.74, 6) is -1.02. The summed E-state index contributed by atoms with van der Waals surface area (Å²) in [5, 5.41) is 19.2. The lowest BCUT2D eigenvalue weighted by Gasteiger charge is -2.18. The van der Waals surface area contributed by atoms with Crippen LogP contribution in [0, 0.1) is 5.82 Å². The first-order chi connectivity index (χ1) is 6.99. The zero-order valence-electron chi connectivity index (χ0n) is 8.57. The van der Waals surface area contributed by atoms with E-state index < -0.39 is 23.7 Å². The van der Waals surface area contributed by atoms with Crippen LogP contribution in [-0.2, 0) is 0 Å². The minimum atomic E-state index is -1.26. The molecule has 2 atom stereocenters. The molecule has 0 aliphatic rings. The Balaban J connectivity index is 3.26. The molecular weight excluding hydrogens is 201 g/mol. The van der Waals surface area contributed by atoms with Crippen molar-refractivity contribution in [3.63, 3.8) is 0 Å². The van der Waals surface area contributed by atoms with Crippen LogP contribution >= 0.6 is 0 Å². The van der Waals surface area contributed by atoms with Gasteiger partial charge in [-0.1, -0.05) is 0 Å². The van der Waals surface area contributed by atoms with E-state index in [1.54, 1.807) is 0 Å². The first-order valence-corrected chi connectivity index (χ1v) is 4.48. The average molecular weight is 215 g/mol. The van der Waals surface area contributed by atoms with Crippen molar-refractivity contribution in [3.8, 4) is 11.5 Å². The highest BCUT2D eigenvalue weighted by Gasteiger charge is 2.23. The largest absolute Gasteiger partial charge is 0.504 e. The molecule has 1 aromatic carbocycles. The minimum Gasteiger partial charge on any atom is -0.504 e. The van der Waals surface area contributed by atoms with Gasteiger partial charge in [0.25, 0.3) is 0 Å². The fourth-order valence-electron chi connectivity index (χ4n) is 1.27. The molecule has 15 heavy (non-hydrogen) atoms. The Bertz CT molecular complexity index is 355. The van der Waals surface area contributed by atoms with Gasteiger partial charge in [-0.3, -0.25) is 0 Å². The summed E-state index contributed by atoms with van der Waals surface area (Å²) < 4.78 is 18.1. The van der Waals surface area contributed by atoms with E-state index in [-0.39, 0.29) is 11.3 Å². The quantitative estimate of drug-likeness (QED) is 0.700. The van der Waals surface area contributed by atoms with Gasteiger partial charge in [-0.05, 0) is 19.1 Å². The third-order valence-corrected chi connectivity index (χ3v) is 2.14. The van der Waals surface area contributed by atoms with Crippen molar-refractivity contribution in [2.45, 2.75) is 19.1 Å². The molecule has 1 aromatic rings. The lowest BCUT2D eigenvalue weighted by Crippen LogP contribution is -2.25. The predicted octanol–water partition coefficient (Wildman–Crippen LogP) is 0.920. The maximum absolute atomic E-state index is 13.3. The fourth-order valence-corrected chi connectivity index (χ4v) is 1.27. The van der Waals surface area contributed by atoms with E-state index in [1.807, 2.05) is 0 Å². The molecule has 4 N–H and O–H groups in total. The van der Waals surface area contributed by atoms with E-state index >= 15 is 0 Å². The Morgan fingerprint density at radius 3 is 2.53 bits per heavy atom. The second kappa shape index (κ2) is 4.46. The van der Waals surface area contributed by atoms with E-state index in [9.17, 15) is 14.6 Å². The van der Waals surface area contributed by atoms with E-state index in [4.69, 9.17) is 10.5 Å². The molecule has 0 amide bonds. The lowest BCUT2D eigenvalue weighted by molar-refractivity contribution is 0.144. The number of ether oxygens (including phenoxy) is 1. The van der Waals surface area contributed by atoms with E-state index in [0.29, 0.717) is 0 Å². The van der Waals surface area contributed by atoms with Gasteiger partial charge >= 0.3 is 0 Å². The molecule has 0 radical (unpaired) electrons. The maximum atomic E-state index is 13.3. The van der Waals surface area contributed by atoms with E-state index in [0.717, 1.165) is 6.07 Å². The van der Waals surface area contributed by atoms with Crippen LogP contribution in [0.4, 0.5) is 4.39 Å². The standard InChI is InChI=1S/C10H14FNO3/c1-5(12)9(13)8-6(11)3-4-7(15-2)10(8)14/h3-5,9,13-14H,12H2,1-2H3. The third-order valence-electron chi connectivity index (χ3n) is 2.14. The summed E-state index contributed by atoms with van der Waals surface area (Å²) in [6, 6.07) is 1.71. The fraction of sp³-hybridized carbons (Fsp3) is 0.400. The van der Waals surface area contributed by atoms with Crippen LogP contribution in [-0.4, -0.2) is 23.4 Å². The average Bonchev–Trinajstić information content (AvgIpc) is 2.17. The van der Waals surface area contributed by atoms with Crippen molar-refractivity contribution in [3.05, 3.63) is 23.5 Å². The van der Waals surface area contributed by atoms with Crippen molar-refractivity contribution in [2.24, 2.45) is 5.73 Å². The topological polar surface area (TPSA) is 75.7 Å². The number of halogens is 1. The number of benzene rings is 1. The summed E-state index contributed by atoms with van der Waals surface area (Å²) >= 11 is 0. The van der Waals surface area contributed by atoms with Gasteiger partial charge in [0.05, 0.1) is 12.7 Å². The number of methoxy groups -OCH3 is 1. The van der Waals surface area contributed by atoms with Gasteiger partial charge in [-0.15, -0.1) is 0 Å². The molecule has 0 heterocycles. The molecule has 0 fully saturated rings. The van der Waals surface area contributed by atoms with E-state index in [1.165, 1.54) is 20.1 Å². The van der Waals surface area contributed by atoms with Crippen LogP contribution < -0.4 is 10.5 Å². The molecule has 0 saturated heterocycles. The zero-order chi connectivity index (χ0) is 11.6. The number of aliphatic hydroxyl groups excluding tert-OH is 1. The molecule has 0 aromatic heterocycles. The number of hydrogen-bond acceptors (Lipinski definition) is 4. The Hall–Kier alpha value is -1.33. The van der Waals surface area contributed by atoms with Crippen molar-refractivity contribution in [2.75, 3.05) is 7.11 Å². The number of hydrogen-bond donors (Lipinski definition) is 3. The Morgan fingerprint density at radius 1 is 1.47 bits per heavy atom. The summed E-state index contributed by atoms with van der Waals surface area (Å²) in [5.41, 5.74) is 5.20. The van der Waals surface area contributed by atoms with Crippen LogP contribution in [0.25, 0.3) is 0 Å². The second-order valence-corrected chi connectivity index (χ2v) is 3.32. The SMILES string of the molecule is COc1ccc(F)c(C(O)C(C)N)c1O. The lowest BCUT2D eigenvalue weighted by atomic mass is 10.0. The normalized spacial score (nSPS) is 14.7. The first-order valence-electron chi connectivity index (χ1n) is 4.48. The number of phenolic OH excluding ortho intramolecular Hbond substituents is 1. The molecule has 0 aliphatic heterocycles. The maximum Gasteiger partial charge on any atom is 0.166 e. The Kier molecular flexibility index (Phi) is 3.49. The second-order valence-electron chi connectivity index (χ2n) is 3.32. The molecule has 5 heteroatoms. The van der Waals surface area contributed by atoms with Crippen molar-refractivity contribution in [1.29, 1.82) is 0 Å². The third kappa shape index (κ3) is 2.19. The van der Waals surface area contributed by atoms with Gasteiger partial charge in [0.2, 0.25) is 0 Å². The summed E-state index contributed by atoms with van der Waals surface area (Å²) in [7, 11) is 1.34. The van der Waals surface area contributed by atoms with Gasteiger partial charge in [-0.25, -0.2) is 4.39 Å². The molecule has 0 saturated carbocycles. The molecule has 0 spiro atoms. The summed E-state index contributed by atoms with van der Waals surface area (Å²) in [4.78, 5) is 0. The van der Waals surface area contributed by atoms with Gasteiger partial charge in [0.15, 0.2) is 11.5 Å². The molecule has 0 bridgehead atoms. The molecule has 1 rings (SSSR count). The van der Waals surface area contributed by atoms with Crippen LogP contribution in [0.3, 0.4) is 0 Å². The van der Waals surface area contributed by atoms with Crippen molar-refractivity contribution in [1.82, 2.24) is 0 Å². The molecular formula is C10H14FNO3. The van der Waals surface area contributed by atoms with E-state index in [2.05, 4.69) is 0 Å². The van der Waals surface area contributed by atoms with Gasteiger partial charge in [0.1, 0.15) is 11.9 Å². The Labute approximate surface area is 87.1 Å². The van der Waals surface area contributed by atoms with Crippen LogP contribution in [0.1, 0.15) is 18.6 Å². The minimum absolute atomic E-state index is 0.103. The van der Waals surface area contributed by atoms with Crippen molar-refractivity contribution < 1.29 is 19.3 Å². The highest BCUT2D eigenvalue weighted by molar-refractivity contribution is 5.47. The number of aromatic hydroxyl groups is 1. The molecule has 2 unspecified atom stereocenters. The Morgan fingerprint density at radius 2 is 2.07 bits per heavy atom. The number of nitrogens with two attached hydrogens (primary N) is 1. The highest BCUT2D eigenvalue weighted by Crippen LogP contribution is 2.36. The van der Waals surface area contributed by atoms with Crippen LogP contribution in [0.15, 0.2) is 12.1 Å². The van der Waals surface area contributed by atoms with Crippen LogP contribution in [0.5, 0.6) is 11.5 Å². The van der Waals surface area contributed by atoms with Gasteiger partial charge in [0, 0.05) is 6.04 Å². The predicted molar refractivity (Wildman–Crippen MR) is 53.2 cm³/mol. The molecule has 0 aliphatic carbocycles. The number of phenols is 1. The monoisotopic (exact) mass is 215 g/mol. The first kappa shape index (κ1) is 11.7. The summed E-state index contributed by atoms with van der Waals surface area (Å²) in [6.07, 6.45) is -1.26. The van der Waals surface area contributed by atoms with Crippen molar-refractivity contribution >= 4 is 0 Å². The number of aliphatic hydroxyl groups is 1.